The summed E-state index contributed by atoms with van der Waals surface area (Å²) < 4.78 is 15.1. The van der Waals surface area contributed by atoms with E-state index in [9.17, 15) is 34.8 Å². The van der Waals surface area contributed by atoms with Crippen molar-refractivity contribution in [1.82, 2.24) is 14.5 Å². The highest BCUT2D eigenvalue weighted by Gasteiger charge is 2.45. The molecule has 1 rings (SSSR count). The van der Waals surface area contributed by atoms with E-state index in [1.165, 1.54) is 0 Å². The predicted octanol–water partition coefficient (Wildman–Crippen LogP) is -6.52. The van der Waals surface area contributed by atoms with Gasteiger partial charge in [0.25, 0.3) is 0 Å². The molecule has 0 bridgehead atoms. The molecule has 1 aromatic rings. The van der Waals surface area contributed by atoms with Crippen LogP contribution in [0, 0.1) is 0 Å². The van der Waals surface area contributed by atoms with Crippen LogP contribution >= 0.6 is 0 Å². The molecule has 16 nitrogen and oxygen atoms in total. The van der Waals surface area contributed by atoms with Crippen LogP contribution in [0.5, 0.6) is 0 Å². The van der Waals surface area contributed by atoms with Crippen LogP contribution < -0.4 is 17.1 Å². The number of aliphatic hydroxyl groups excluding tert-OH is 6. The van der Waals surface area contributed by atoms with Gasteiger partial charge in [0.1, 0.15) is 18.3 Å². The second-order valence-electron chi connectivity index (χ2n) is 6.01. The zero-order valence-electron chi connectivity index (χ0n) is 15.6. The van der Waals surface area contributed by atoms with E-state index >= 15 is 0 Å². The molecule has 16 heteroatoms. The first kappa shape index (κ1) is 26.0. The zero-order chi connectivity index (χ0) is 22.9. The predicted molar refractivity (Wildman–Crippen MR) is 93.1 cm³/mol. The number of ether oxygens (including phenoxy) is 3. The Hall–Kier alpha value is -1.99. The summed E-state index contributed by atoms with van der Waals surface area (Å²) in [4.78, 5) is 38.9. The fraction of sp³-hybridized carbons (Fsp3) is 0.786. The lowest BCUT2D eigenvalue weighted by Gasteiger charge is -2.36. The number of nitrogens with one attached hydrogen (secondary N) is 2. The monoisotopic (exact) mass is 443 g/mol. The standard InChI is InChI=1S/C14H25N3O13/c18-1-7(21)4-28-10(17-12(25)15-11(24)16-13(17)26)14(27,29-5-8(22)2-19)30-6-9(23)3-20/h7-10,18-23,27H,1-6H2,(H2,15,16,24,25,26). The number of rotatable bonds is 14. The molecule has 0 aliphatic rings. The Morgan fingerprint density at radius 3 is 1.60 bits per heavy atom. The van der Waals surface area contributed by atoms with Gasteiger partial charge < -0.3 is 50.0 Å². The third kappa shape index (κ3) is 7.36. The van der Waals surface area contributed by atoms with Crippen LogP contribution in [-0.4, -0.2) is 114 Å². The van der Waals surface area contributed by atoms with Crippen molar-refractivity contribution in [1.29, 1.82) is 0 Å². The van der Waals surface area contributed by atoms with Crippen molar-refractivity contribution in [2.75, 3.05) is 39.6 Å². The minimum atomic E-state index is -3.14. The molecule has 174 valence electrons. The third-order valence-electron chi connectivity index (χ3n) is 3.47. The van der Waals surface area contributed by atoms with Crippen molar-refractivity contribution in [3.8, 4) is 0 Å². The summed E-state index contributed by atoms with van der Waals surface area (Å²) in [5.41, 5.74) is -3.99. The molecule has 9 N–H and O–H groups in total. The number of nitrogens with zero attached hydrogens (tertiary/aromatic N) is 1. The van der Waals surface area contributed by atoms with E-state index in [0.29, 0.717) is 0 Å². The summed E-state index contributed by atoms with van der Waals surface area (Å²) in [6.45, 7) is -4.89. The Balaban J connectivity index is 3.43. The molecule has 0 aliphatic carbocycles. The average molecular weight is 443 g/mol. The first-order chi connectivity index (χ1) is 14.1. The summed E-state index contributed by atoms with van der Waals surface area (Å²) >= 11 is 0. The molecule has 0 spiro atoms. The Kier molecular flexibility index (Phi) is 10.4. The smallest absolute Gasteiger partial charge is 0.336 e. The number of aromatic nitrogens is 3. The Morgan fingerprint density at radius 2 is 1.20 bits per heavy atom. The van der Waals surface area contributed by atoms with Gasteiger partial charge in [-0.2, -0.15) is 0 Å². The first-order valence-corrected chi connectivity index (χ1v) is 8.51. The van der Waals surface area contributed by atoms with E-state index in [4.69, 9.17) is 29.5 Å². The van der Waals surface area contributed by atoms with Crippen molar-refractivity contribution >= 4 is 0 Å². The van der Waals surface area contributed by atoms with Gasteiger partial charge in [0, 0.05) is 0 Å². The first-order valence-electron chi connectivity index (χ1n) is 8.51. The maximum absolute atomic E-state index is 12.1. The molecule has 0 aromatic carbocycles. The number of aromatic amines is 2. The summed E-state index contributed by atoms with van der Waals surface area (Å²) in [6, 6.07) is 0. The topological polar surface area (TPSA) is 257 Å². The number of hydrogen-bond acceptors (Lipinski definition) is 13. The molecule has 0 aliphatic heterocycles. The van der Waals surface area contributed by atoms with Crippen LogP contribution in [0.25, 0.3) is 0 Å². The summed E-state index contributed by atoms with van der Waals surface area (Å²) in [5, 5.41) is 66.0. The Labute approximate surface area is 167 Å². The molecule has 4 unspecified atom stereocenters. The number of aliphatic hydroxyl groups is 7. The van der Waals surface area contributed by atoms with Crippen molar-refractivity contribution in [3.05, 3.63) is 31.5 Å². The fourth-order valence-electron chi connectivity index (χ4n) is 1.97. The van der Waals surface area contributed by atoms with Gasteiger partial charge in [-0.3, -0.25) is 9.97 Å². The minimum Gasteiger partial charge on any atom is -0.394 e. The molecule has 0 saturated carbocycles. The van der Waals surface area contributed by atoms with Crippen LogP contribution in [-0.2, 0) is 14.2 Å². The molecular weight excluding hydrogens is 418 g/mol. The van der Waals surface area contributed by atoms with Crippen LogP contribution in [0.3, 0.4) is 0 Å². The van der Waals surface area contributed by atoms with Crippen LogP contribution in [0.1, 0.15) is 6.23 Å². The maximum atomic E-state index is 12.1. The summed E-state index contributed by atoms with van der Waals surface area (Å²) in [6.07, 6.45) is -6.93. The highest BCUT2D eigenvalue weighted by Crippen LogP contribution is 2.26. The molecule has 0 saturated heterocycles. The van der Waals surface area contributed by atoms with Crippen LogP contribution in [0.15, 0.2) is 14.4 Å². The van der Waals surface area contributed by atoms with Gasteiger partial charge >= 0.3 is 23.0 Å². The lowest BCUT2D eigenvalue weighted by atomic mass is 10.3. The second-order valence-corrected chi connectivity index (χ2v) is 6.01. The largest absolute Gasteiger partial charge is 0.394 e. The minimum absolute atomic E-state index is 0.0994. The van der Waals surface area contributed by atoms with E-state index in [2.05, 4.69) is 0 Å². The fourth-order valence-corrected chi connectivity index (χ4v) is 1.97. The molecular formula is C14H25N3O13. The van der Waals surface area contributed by atoms with E-state index < -0.39 is 87.2 Å². The molecule has 1 heterocycles. The van der Waals surface area contributed by atoms with Gasteiger partial charge in [0.2, 0.25) is 6.23 Å². The van der Waals surface area contributed by atoms with E-state index in [1.807, 2.05) is 0 Å². The second kappa shape index (κ2) is 12.0. The van der Waals surface area contributed by atoms with Gasteiger partial charge in [0.05, 0.1) is 39.6 Å². The van der Waals surface area contributed by atoms with Crippen molar-refractivity contribution in [2.45, 2.75) is 30.5 Å². The molecule has 0 amide bonds. The molecule has 0 fully saturated rings. The van der Waals surface area contributed by atoms with Gasteiger partial charge in [0.15, 0.2) is 0 Å². The highest BCUT2D eigenvalue weighted by molar-refractivity contribution is 4.79. The molecule has 0 radical (unpaired) electrons. The number of hydrogen-bond donors (Lipinski definition) is 9. The normalized spacial score (nSPS) is 17.8. The lowest BCUT2D eigenvalue weighted by Crippen LogP contribution is -2.56. The highest BCUT2D eigenvalue weighted by atomic mass is 16.8. The van der Waals surface area contributed by atoms with Crippen LogP contribution in [0.4, 0.5) is 0 Å². The Morgan fingerprint density at radius 1 is 0.800 bits per heavy atom. The van der Waals surface area contributed by atoms with E-state index in [-0.39, 0.29) is 4.57 Å². The van der Waals surface area contributed by atoms with Gasteiger partial charge in [-0.05, 0) is 0 Å². The van der Waals surface area contributed by atoms with Crippen molar-refractivity contribution < 1.29 is 50.0 Å². The van der Waals surface area contributed by atoms with E-state index in [1.54, 1.807) is 9.97 Å². The molecule has 30 heavy (non-hydrogen) atoms. The molecule has 1 aromatic heterocycles. The molecule has 4 atom stereocenters. The summed E-state index contributed by atoms with van der Waals surface area (Å²) in [5.74, 6) is -3.14. The van der Waals surface area contributed by atoms with Crippen LogP contribution in [0.2, 0.25) is 0 Å². The lowest BCUT2D eigenvalue weighted by molar-refractivity contribution is -0.425. The Bertz CT molecular complexity index is 757. The van der Waals surface area contributed by atoms with Crippen molar-refractivity contribution in [3.63, 3.8) is 0 Å². The quantitative estimate of drug-likeness (QED) is 0.121. The van der Waals surface area contributed by atoms with Crippen molar-refractivity contribution in [2.24, 2.45) is 0 Å². The maximum Gasteiger partial charge on any atom is 0.336 e. The van der Waals surface area contributed by atoms with Gasteiger partial charge in [-0.15, -0.1) is 0 Å². The third-order valence-corrected chi connectivity index (χ3v) is 3.47. The number of H-pyrrole nitrogens is 2. The average Bonchev–Trinajstić information content (AvgIpc) is 2.71. The van der Waals surface area contributed by atoms with E-state index in [0.717, 1.165) is 0 Å². The summed E-state index contributed by atoms with van der Waals surface area (Å²) in [7, 11) is 0. The SMILES string of the molecule is O=c1[nH]c(=O)n(C(OCC(O)CO)C(O)(OCC(O)CO)OCC(O)CO)c(=O)[nH]1. The van der Waals surface area contributed by atoms with Gasteiger partial charge in [-0.25, -0.2) is 19.0 Å². The zero-order valence-corrected chi connectivity index (χ0v) is 15.6. The van der Waals surface area contributed by atoms with Gasteiger partial charge in [-0.1, -0.05) is 0 Å².